The molecule has 1 atom stereocenters. The number of hydrogen-bond acceptors (Lipinski definition) is 0. The van der Waals surface area contributed by atoms with Crippen molar-refractivity contribution in [3.8, 4) is 0 Å². The molecule has 0 bridgehead atoms. The highest BCUT2D eigenvalue weighted by atomic mass is 79.9. The maximum absolute atomic E-state index is 3.59. The summed E-state index contributed by atoms with van der Waals surface area (Å²) < 4.78 is 1.49. The Kier molecular flexibility index (Phi) is 5.37. The quantitative estimate of drug-likeness (QED) is 0.722. The zero-order valence-electron chi connectivity index (χ0n) is 8.39. The van der Waals surface area contributed by atoms with E-state index in [-0.39, 0.29) is 18.2 Å². The van der Waals surface area contributed by atoms with E-state index in [0.717, 1.165) is 5.92 Å². The molecule has 1 unspecified atom stereocenters. The second-order valence-corrected chi connectivity index (χ2v) is 6.43. The van der Waals surface area contributed by atoms with Gasteiger partial charge in [-0.15, -0.1) is 0 Å². The molecule has 0 fully saturated rings. The predicted molar refractivity (Wildman–Crippen MR) is 63.9 cm³/mol. The van der Waals surface area contributed by atoms with Crippen LogP contribution in [0.1, 0.15) is 25.8 Å². The highest BCUT2D eigenvalue weighted by Crippen LogP contribution is 2.10. The lowest BCUT2D eigenvalue weighted by atomic mass is 9.99. The molecule has 2 heteroatoms. The largest absolute Gasteiger partial charge is 0.506 e. The lowest BCUT2D eigenvalue weighted by Gasteiger charge is -2.08. The van der Waals surface area contributed by atoms with E-state index in [0.29, 0.717) is 0 Å². The van der Waals surface area contributed by atoms with Gasteiger partial charge < -0.3 is 0 Å². The average Bonchev–Trinajstić information content (AvgIpc) is 2.19. The first kappa shape index (κ1) is 11.5. The van der Waals surface area contributed by atoms with E-state index in [1.807, 2.05) is 0 Å². The molecule has 0 aliphatic heterocycles. The Balaban J connectivity index is 2.58. The zero-order valence-corrected chi connectivity index (χ0v) is 11.4. The molecule has 0 N–H and O–H groups in total. The molecule has 0 radical (unpaired) electrons. The van der Waals surface area contributed by atoms with E-state index < -0.39 is 0 Å². The third kappa shape index (κ3) is 4.00. The highest BCUT2D eigenvalue weighted by molar-refractivity contribution is 9.23. The van der Waals surface area contributed by atoms with E-state index in [2.05, 4.69) is 51.0 Å². The Labute approximate surface area is 96.7 Å². The van der Waals surface area contributed by atoms with Crippen molar-refractivity contribution >= 4 is 34.8 Å². The molecule has 0 aliphatic carbocycles. The van der Waals surface area contributed by atoms with Crippen molar-refractivity contribution in [1.29, 1.82) is 0 Å². The summed E-state index contributed by atoms with van der Waals surface area (Å²) in [5.41, 5.74) is 1.48. The fourth-order valence-corrected chi connectivity index (χ4v) is 2.85. The minimum Gasteiger partial charge on any atom is -0.296 e. The smallest absolute Gasteiger partial charge is 0.296 e. The van der Waals surface area contributed by atoms with Gasteiger partial charge in [0.15, 0.2) is 0 Å². The van der Waals surface area contributed by atoms with Gasteiger partial charge in [0.1, 0.15) is 0 Å². The van der Waals surface area contributed by atoms with Crippen LogP contribution in [0.3, 0.4) is 0 Å². The van der Waals surface area contributed by atoms with Crippen LogP contribution < -0.4 is 3.69 Å². The number of benzene rings is 1. The van der Waals surface area contributed by atoms with Crippen molar-refractivity contribution in [2.75, 3.05) is 0 Å². The van der Waals surface area contributed by atoms with Crippen molar-refractivity contribution in [1.82, 2.24) is 0 Å². The number of hydrogen-bond donors (Lipinski definition) is 0. The van der Waals surface area contributed by atoms with Gasteiger partial charge in [-0.05, 0) is 17.9 Å². The maximum atomic E-state index is 3.59. The van der Waals surface area contributed by atoms with Crippen LogP contribution in [0.5, 0.6) is 0 Å². The van der Waals surface area contributed by atoms with Gasteiger partial charge in [-0.3, -0.25) is 12.9 Å². The van der Waals surface area contributed by atoms with Crippen LogP contribution in [-0.2, 0) is 6.42 Å². The van der Waals surface area contributed by atoms with Gasteiger partial charge >= 0.3 is 18.2 Å². The summed E-state index contributed by atoms with van der Waals surface area (Å²) in [5, 5.41) is 0. The first-order valence-electron chi connectivity index (χ1n) is 4.90. The summed E-state index contributed by atoms with van der Waals surface area (Å²) in [6.45, 7) is 4.57. The van der Waals surface area contributed by atoms with Gasteiger partial charge in [0, 0.05) is 0 Å². The van der Waals surface area contributed by atoms with E-state index in [4.69, 9.17) is 0 Å². The summed E-state index contributed by atoms with van der Waals surface area (Å²) in [4.78, 5) is 0. The fourth-order valence-electron chi connectivity index (χ4n) is 1.31. The number of halogens is 1. The molecule has 0 nitrogen and oxygen atoms in total. The van der Waals surface area contributed by atoms with Gasteiger partial charge in [-0.2, -0.15) is 3.69 Å². The standard InChI is InChI=1S/C11H15.BrH.Mg/c1-3-10(2)9-11-7-5-4-6-8-11;;/h5-8,10H,3,9H2,1-2H3;1H;/q;;+1/p-1. The maximum Gasteiger partial charge on any atom is 0.506 e. The summed E-state index contributed by atoms with van der Waals surface area (Å²) >= 11 is 3.44. The minimum absolute atomic E-state index is 0.144. The molecular formula is C11H15BrMg. The van der Waals surface area contributed by atoms with Gasteiger partial charge in [-0.1, -0.05) is 44.5 Å². The summed E-state index contributed by atoms with van der Waals surface area (Å²) in [6, 6.07) is 9.07. The molecule has 0 aliphatic rings. The lowest BCUT2D eigenvalue weighted by Crippen LogP contribution is -2.08. The molecule has 0 saturated carbocycles. The van der Waals surface area contributed by atoms with Gasteiger partial charge in [0.25, 0.3) is 0 Å². The van der Waals surface area contributed by atoms with Gasteiger partial charge in [-0.25, -0.2) is 0 Å². The number of rotatable bonds is 4. The monoisotopic (exact) mass is 250 g/mol. The Bertz CT molecular complexity index is 243. The van der Waals surface area contributed by atoms with Crippen LogP contribution in [0, 0.1) is 5.92 Å². The predicted octanol–water partition coefficient (Wildman–Crippen LogP) is 2.91. The molecule has 0 heterocycles. The molecule has 1 aromatic rings. The molecule has 0 aromatic heterocycles. The van der Waals surface area contributed by atoms with Crippen LogP contribution in [0.25, 0.3) is 0 Å². The van der Waals surface area contributed by atoms with Crippen molar-refractivity contribution in [2.45, 2.75) is 26.7 Å². The van der Waals surface area contributed by atoms with Crippen molar-refractivity contribution in [3.63, 3.8) is 0 Å². The molecule has 68 valence electrons. The van der Waals surface area contributed by atoms with Crippen LogP contribution in [0.2, 0.25) is 0 Å². The molecular weight excluding hydrogens is 236 g/mol. The first-order chi connectivity index (χ1) is 6.26. The summed E-state index contributed by atoms with van der Waals surface area (Å²) in [7, 11) is 0. The Morgan fingerprint density at radius 3 is 2.38 bits per heavy atom. The molecule has 0 spiro atoms. The van der Waals surface area contributed by atoms with Gasteiger partial charge in [0.2, 0.25) is 0 Å². The van der Waals surface area contributed by atoms with Crippen LogP contribution in [0.4, 0.5) is 0 Å². The summed E-state index contributed by atoms with van der Waals surface area (Å²) in [6.07, 6.45) is 2.50. The average molecular weight is 251 g/mol. The molecule has 0 amide bonds. The second-order valence-electron chi connectivity index (χ2n) is 3.67. The third-order valence-corrected chi connectivity index (χ3v) is 5.18. The Morgan fingerprint density at radius 2 is 1.92 bits per heavy atom. The summed E-state index contributed by atoms with van der Waals surface area (Å²) in [5.74, 6) is 0.812. The second kappa shape index (κ2) is 6.04. The van der Waals surface area contributed by atoms with Crippen molar-refractivity contribution in [2.24, 2.45) is 5.92 Å². The van der Waals surface area contributed by atoms with E-state index in [1.165, 1.54) is 22.1 Å². The zero-order chi connectivity index (χ0) is 9.68. The van der Waals surface area contributed by atoms with Crippen molar-refractivity contribution < 1.29 is 0 Å². The molecule has 1 rings (SSSR count). The molecule has 0 saturated heterocycles. The van der Waals surface area contributed by atoms with E-state index in [1.54, 1.807) is 0 Å². The lowest BCUT2D eigenvalue weighted by molar-refractivity contribution is 0.560. The Hall–Kier alpha value is 0.466. The minimum atomic E-state index is -0.144. The van der Waals surface area contributed by atoms with Crippen LogP contribution >= 0.6 is 12.9 Å². The first-order valence-corrected chi connectivity index (χ1v) is 9.50. The van der Waals surface area contributed by atoms with Crippen LogP contribution in [0.15, 0.2) is 24.3 Å². The molecule has 13 heavy (non-hydrogen) atoms. The fraction of sp³-hybridized carbons (Fsp3) is 0.455. The SMILES string of the molecule is CCC(C)Cc1cc[c]([Mg][Br])cc1. The van der Waals surface area contributed by atoms with Gasteiger partial charge in [0.05, 0.1) is 0 Å². The van der Waals surface area contributed by atoms with E-state index in [9.17, 15) is 0 Å². The normalized spacial score (nSPS) is 12.2. The highest BCUT2D eigenvalue weighted by Gasteiger charge is 2.01. The van der Waals surface area contributed by atoms with Crippen LogP contribution in [-0.4, -0.2) is 18.2 Å². The third-order valence-electron chi connectivity index (χ3n) is 2.46. The topological polar surface area (TPSA) is 0 Å². The Morgan fingerprint density at radius 1 is 1.31 bits per heavy atom. The van der Waals surface area contributed by atoms with Crippen molar-refractivity contribution in [3.05, 3.63) is 29.8 Å². The van der Waals surface area contributed by atoms with E-state index >= 15 is 0 Å². The molecule has 1 aromatic carbocycles.